The molecular formula is C15H19BClFO2. The van der Waals surface area contributed by atoms with Gasteiger partial charge in [0.15, 0.2) is 0 Å². The van der Waals surface area contributed by atoms with E-state index in [1.807, 2.05) is 27.7 Å². The van der Waals surface area contributed by atoms with Crippen molar-refractivity contribution in [2.24, 2.45) is 0 Å². The number of allylic oxidation sites excluding steroid dienone is 1. The van der Waals surface area contributed by atoms with E-state index >= 15 is 0 Å². The van der Waals surface area contributed by atoms with Crippen LogP contribution >= 0.6 is 11.6 Å². The molecule has 0 N–H and O–H groups in total. The first-order valence-electron chi connectivity index (χ1n) is 6.62. The van der Waals surface area contributed by atoms with Crippen LogP contribution < -0.4 is 0 Å². The molecule has 0 amide bonds. The Morgan fingerprint density at radius 1 is 1.20 bits per heavy atom. The minimum Gasteiger partial charge on any atom is -0.400 e. The molecule has 0 aromatic heterocycles. The smallest absolute Gasteiger partial charge is 0.400 e. The van der Waals surface area contributed by atoms with Gasteiger partial charge in [-0.2, -0.15) is 0 Å². The minimum absolute atomic E-state index is 0.345. The summed E-state index contributed by atoms with van der Waals surface area (Å²) >= 11 is 6.06. The summed E-state index contributed by atoms with van der Waals surface area (Å²) in [5.74, 6) is 1.42. The fraction of sp³-hybridized carbons (Fsp3) is 0.467. The van der Waals surface area contributed by atoms with Crippen LogP contribution in [-0.2, 0) is 9.31 Å². The van der Waals surface area contributed by atoms with E-state index in [1.54, 1.807) is 25.0 Å². The summed E-state index contributed by atoms with van der Waals surface area (Å²) in [6, 6.07) is 4.65. The lowest BCUT2D eigenvalue weighted by Gasteiger charge is -2.32. The molecule has 0 bridgehead atoms. The highest BCUT2D eigenvalue weighted by atomic mass is 35.5. The Kier molecular flexibility index (Phi) is 4.02. The van der Waals surface area contributed by atoms with Gasteiger partial charge in [-0.05, 0) is 52.3 Å². The Balaban J connectivity index is 2.29. The maximum absolute atomic E-state index is 13.9. The van der Waals surface area contributed by atoms with E-state index in [0.29, 0.717) is 16.2 Å². The van der Waals surface area contributed by atoms with Gasteiger partial charge in [0.2, 0.25) is 0 Å². The number of hydrogen-bond donors (Lipinski definition) is 0. The molecule has 1 aliphatic rings. The molecule has 1 saturated heterocycles. The van der Waals surface area contributed by atoms with Gasteiger partial charge in [-0.3, -0.25) is 0 Å². The van der Waals surface area contributed by atoms with Gasteiger partial charge in [-0.15, -0.1) is 0 Å². The monoisotopic (exact) mass is 296 g/mol. The molecule has 1 aliphatic heterocycles. The van der Waals surface area contributed by atoms with Crippen molar-refractivity contribution in [3.63, 3.8) is 0 Å². The standard InChI is InChI=1S/C15H19BClFO2/c1-10(13-11(17)7-6-8-12(13)18)9-16-19-14(2,3)15(4,5)20-16/h6-9H,1-5H3. The molecule has 1 fully saturated rings. The summed E-state index contributed by atoms with van der Waals surface area (Å²) in [5.41, 5.74) is 0.275. The molecule has 0 aliphatic carbocycles. The Bertz CT molecular complexity index is 519. The lowest BCUT2D eigenvalue weighted by atomic mass is 9.85. The second-order valence-corrected chi connectivity index (χ2v) is 6.48. The van der Waals surface area contributed by atoms with Crippen LogP contribution in [0.15, 0.2) is 24.2 Å². The molecule has 0 spiro atoms. The van der Waals surface area contributed by atoms with Gasteiger partial charge >= 0.3 is 7.12 Å². The van der Waals surface area contributed by atoms with Gasteiger partial charge in [0.1, 0.15) is 5.82 Å². The highest BCUT2D eigenvalue weighted by molar-refractivity contribution is 6.53. The van der Waals surface area contributed by atoms with Crippen molar-refractivity contribution < 1.29 is 13.7 Å². The number of hydrogen-bond acceptors (Lipinski definition) is 2. The largest absolute Gasteiger partial charge is 0.487 e. The highest BCUT2D eigenvalue weighted by Gasteiger charge is 2.50. The summed E-state index contributed by atoms with van der Waals surface area (Å²) in [6.07, 6.45) is 0. The molecule has 0 saturated carbocycles. The van der Waals surface area contributed by atoms with Gasteiger partial charge in [-0.25, -0.2) is 4.39 Å². The Labute approximate surface area is 125 Å². The van der Waals surface area contributed by atoms with E-state index < -0.39 is 18.3 Å². The summed E-state index contributed by atoms with van der Waals surface area (Å²) < 4.78 is 25.6. The molecule has 1 heterocycles. The topological polar surface area (TPSA) is 18.5 Å². The third kappa shape index (κ3) is 2.78. The maximum Gasteiger partial charge on any atom is 0.487 e. The normalized spacial score (nSPS) is 21.4. The van der Waals surface area contributed by atoms with E-state index in [1.165, 1.54) is 6.07 Å². The Morgan fingerprint density at radius 2 is 1.75 bits per heavy atom. The van der Waals surface area contributed by atoms with E-state index in [4.69, 9.17) is 20.9 Å². The highest BCUT2D eigenvalue weighted by Crippen LogP contribution is 2.38. The van der Waals surface area contributed by atoms with E-state index in [-0.39, 0.29) is 5.82 Å². The van der Waals surface area contributed by atoms with Crippen molar-refractivity contribution in [1.29, 1.82) is 0 Å². The van der Waals surface area contributed by atoms with Crippen LogP contribution in [0.2, 0.25) is 5.02 Å². The molecule has 0 atom stereocenters. The van der Waals surface area contributed by atoms with Gasteiger partial charge in [0, 0.05) is 5.56 Å². The molecule has 5 heteroatoms. The summed E-state index contributed by atoms with van der Waals surface area (Å²) in [6.45, 7) is 9.71. The fourth-order valence-electron chi connectivity index (χ4n) is 2.12. The van der Waals surface area contributed by atoms with Crippen LogP contribution in [0, 0.1) is 5.82 Å². The average Bonchev–Trinajstić information content (AvgIpc) is 2.46. The van der Waals surface area contributed by atoms with Crippen molar-refractivity contribution in [2.75, 3.05) is 0 Å². The van der Waals surface area contributed by atoms with Gasteiger partial charge in [-0.1, -0.05) is 23.6 Å². The fourth-order valence-corrected chi connectivity index (χ4v) is 2.43. The minimum atomic E-state index is -0.504. The Hall–Kier alpha value is -0.835. The van der Waals surface area contributed by atoms with Crippen LogP contribution in [0.3, 0.4) is 0 Å². The summed E-state index contributed by atoms with van der Waals surface area (Å²) in [4.78, 5) is 0. The van der Waals surface area contributed by atoms with Crippen LogP contribution in [0.4, 0.5) is 4.39 Å². The lowest BCUT2D eigenvalue weighted by Crippen LogP contribution is -2.41. The zero-order chi connectivity index (χ0) is 15.1. The quantitative estimate of drug-likeness (QED) is 0.747. The van der Waals surface area contributed by atoms with Crippen LogP contribution in [0.5, 0.6) is 0 Å². The van der Waals surface area contributed by atoms with E-state index in [2.05, 4.69) is 0 Å². The zero-order valence-corrected chi connectivity index (χ0v) is 13.2. The SMILES string of the molecule is CC(=CB1OC(C)(C)C(C)(C)O1)c1c(F)cccc1Cl. The third-order valence-corrected chi connectivity index (χ3v) is 4.33. The average molecular weight is 297 g/mol. The van der Waals surface area contributed by atoms with Gasteiger partial charge in [0.05, 0.1) is 16.2 Å². The van der Waals surface area contributed by atoms with E-state index in [0.717, 1.165) is 0 Å². The molecule has 20 heavy (non-hydrogen) atoms. The first-order chi connectivity index (χ1) is 9.14. The van der Waals surface area contributed by atoms with Crippen molar-refractivity contribution in [3.8, 4) is 0 Å². The number of rotatable bonds is 2. The van der Waals surface area contributed by atoms with Crippen molar-refractivity contribution >= 4 is 24.3 Å². The van der Waals surface area contributed by atoms with Crippen LogP contribution in [0.25, 0.3) is 5.57 Å². The van der Waals surface area contributed by atoms with Crippen molar-refractivity contribution in [3.05, 3.63) is 40.6 Å². The second-order valence-electron chi connectivity index (χ2n) is 6.07. The molecule has 2 rings (SSSR count). The Morgan fingerprint density at radius 3 is 2.25 bits per heavy atom. The van der Waals surface area contributed by atoms with Crippen LogP contribution in [0.1, 0.15) is 40.2 Å². The predicted octanol–water partition coefficient (Wildman–Crippen LogP) is 4.51. The summed E-state index contributed by atoms with van der Waals surface area (Å²) in [5, 5.41) is 0.385. The van der Waals surface area contributed by atoms with Gasteiger partial charge in [0.25, 0.3) is 0 Å². The first kappa shape index (κ1) is 15.6. The predicted molar refractivity (Wildman–Crippen MR) is 81.1 cm³/mol. The van der Waals surface area contributed by atoms with E-state index in [9.17, 15) is 4.39 Å². The zero-order valence-electron chi connectivity index (χ0n) is 12.5. The maximum atomic E-state index is 13.9. The molecular weight excluding hydrogens is 277 g/mol. The second kappa shape index (κ2) is 5.17. The van der Waals surface area contributed by atoms with Crippen molar-refractivity contribution in [2.45, 2.75) is 45.8 Å². The molecule has 1 aromatic rings. The number of halogens is 2. The third-order valence-electron chi connectivity index (χ3n) is 4.01. The van der Waals surface area contributed by atoms with Crippen molar-refractivity contribution in [1.82, 2.24) is 0 Å². The molecule has 108 valence electrons. The van der Waals surface area contributed by atoms with Crippen LogP contribution in [-0.4, -0.2) is 18.3 Å². The molecule has 2 nitrogen and oxygen atoms in total. The first-order valence-corrected chi connectivity index (χ1v) is 7.00. The lowest BCUT2D eigenvalue weighted by molar-refractivity contribution is 0.00578. The molecule has 0 radical (unpaired) electrons. The summed E-state index contributed by atoms with van der Waals surface area (Å²) in [7, 11) is -0.504. The van der Waals surface area contributed by atoms with Gasteiger partial charge < -0.3 is 9.31 Å². The molecule has 0 unspecified atom stereocenters. The molecule has 1 aromatic carbocycles. The number of benzene rings is 1.